The fraction of sp³-hybridized carbons (Fsp3) is 0.125. The Balaban J connectivity index is 1.45. The SMILES string of the molecule is Cc1cc(OCC(=O)Nc2cccc(N3C(=O)c4ccccc4C3=O)c2)cc(C)c1Cl. The van der Waals surface area contributed by atoms with Gasteiger partial charge in [0, 0.05) is 10.7 Å². The third-order valence-corrected chi connectivity index (χ3v) is 5.56. The van der Waals surface area contributed by atoms with Gasteiger partial charge in [-0.25, -0.2) is 4.90 Å². The maximum absolute atomic E-state index is 12.7. The lowest BCUT2D eigenvalue weighted by Gasteiger charge is -2.15. The van der Waals surface area contributed by atoms with Crippen LogP contribution in [0.5, 0.6) is 5.75 Å². The number of ether oxygens (including phenoxy) is 1. The van der Waals surface area contributed by atoms with Crippen LogP contribution in [0.25, 0.3) is 0 Å². The molecule has 1 heterocycles. The third-order valence-electron chi connectivity index (χ3n) is 4.96. The van der Waals surface area contributed by atoms with Crippen LogP contribution < -0.4 is 15.0 Å². The summed E-state index contributed by atoms with van der Waals surface area (Å²) >= 11 is 6.15. The molecule has 31 heavy (non-hydrogen) atoms. The third kappa shape index (κ3) is 4.02. The smallest absolute Gasteiger partial charge is 0.266 e. The van der Waals surface area contributed by atoms with Crippen LogP contribution in [0.4, 0.5) is 11.4 Å². The van der Waals surface area contributed by atoms with E-state index in [0.717, 1.165) is 16.0 Å². The van der Waals surface area contributed by atoms with Gasteiger partial charge < -0.3 is 10.1 Å². The van der Waals surface area contributed by atoms with Crippen LogP contribution in [0.15, 0.2) is 60.7 Å². The molecular formula is C24H19ClN2O4. The molecule has 0 unspecified atom stereocenters. The van der Waals surface area contributed by atoms with Gasteiger partial charge in [-0.3, -0.25) is 14.4 Å². The van der Waals surface area contributed by atoms with Crippen molar-refractivity contribution in [3.05, 3.63) is 87.9 Å². The van der Waals surface area contributed by atoms with Gasteiger partial charge in [-0.2, -0.15) is 0 Å². The molecule has 7 heteroatoms. The average molecular weight is 435 g/mol. The molecule has 1 aliphatic rings. The number of carbonyl (C=O) groups excluding carboxylic acids is 3. The molecule has 156 valence electrons. The molecular weight excluding hydrogens is 416 g/mol. The van der Waals surface area contributed by atoms with Gasteiger partial charge in [0.2, 0.25) is 0 Å². The van der Waals surface area contributed by atoms with Crippen LogP contribution in [0.1, 0.15) is 31.8 Å². The van der Waals surface area contributed by atoms with E-state index in [1.54, 1.807) is 60.7 Å². The molecule has 4 rings (SSSR count). The number of nitrogens with zero attached hydrogens (tertiary/aromatic N) is 1. The van der Waals surface area contributed by atoms with Crippen LogP contribution >= 0.6 is 11.6 Å². The van der Waals surface area contributed by atoms with Crippen molar-refractivity contribution < 1.29 is 19.1 Å². The van der Waals surface area contributed by atoms with Crippen molar-refractivity contribution in [2.45, 2.75) is 13.8 Å². The number of halogens is 1. The molecule has 0 saturated carbocycles. The van der Waals surface area contributed by atoms with Crippen molar-refractivity contribution in [1.82, 2.24) is 0 Å². The number of hydrogen-bond donors (Lipinski definition) is 1. The minimum Gasteiger partial charge on any atom is -0.484 e. The zero-order chi connectivity index (χ0) is 22.1. The monoisotopic (exact) mass is 434 g/mol. The first-order valence-electron chi connectivity index (χ1n) is 9.62. The predicted molar refractivity (Wildman–Crippen MR) is 119 cm³/mol. The van der Waals surface area contributed by atoms with Crippen LogP contribution in [0.2, 0.25) is 5.02 Å². The van der Waals surface area contributed by atoms with Gasteiger partial charge in [0.1, 0.15) is 5.75 Å². The number of imide groups is 1. The van der Waals surface area contributed by atoms with E-state index in [4.69, 9.17) is 16.3 Å². The Morgan fingerprint density at radius 1 is 0.935 bits per heavy atom. The molecule has 3 aromatic rings. The fourth-order valence-corrected chi connectivity index (χ4v) is 3.59. The lowest BCUT2D eigenvalue weighted by molar-refractivity contribution is -0.118. The highest BCUT2D eigenvalue weighted by atomic mass is 35.5. The number of benzene rings is 3. The molecule has 1 aliphatic heterocycles. The molecule has 3 aromatic carbocycles. The summed E-state index contributed by atoms with van der Waals surface area (Å²) in [4.78, 5) is 38.8. The van der Waals surface area contributed by atoms with Crippen molar-refractivity contribution in [3.8, 4) is 5.75 Å². The second-order valence-corrected chi connectivity index (χ2v) is 7.63. The van der Waals surface area contributed by atoms with E-state index in [1.807, 2.05) is 13.8 Å². The molecule has 0 aromatic heterocycles. The summed E-state index contributed by atoms with van der Waals surface area (Å²) in [5.41, 5.74) is 3.30. The zero-order valence-electron chi connectivity index (χ0n) is 16.9. The second-order valence-electron chi connectivity index (χ2n) is 7.25. The van der Waals surface area contributed by atoms with E-state index in [9.17, 15) is 14.4 Å². The summed E-state index contributed by atoms with van der Waals surface area (Å²) < 4.78 is 5.57. The van der Waals surface area contributed by atoms with Gasteiger partial charge >= 0.3 is 0 Å². The molecule has 0 radical (unpaired) electrons. The molecule has 3 amide bonds. The van der Waals surface area contributed by atoms with E-state index in [2.05, 4.69) is 5.32 Å². The standard InChI is InChI=1S/C24H19ClN2O4/c1-14-10-18(11-15(2)22(14)25)31-13-21(28)26-16-6-5-7-17(12-16)27-23(29)19-8-3-4-9-20(19)24(27)30/h3-12H,13H2,1-2H3,(H,26,28). The molecule has 1 N–H and O–H groups in total. The van der Waals surface area contributed by atoms with Crippen molar-refractivity contribution in [3.63, 3.8) is 0 Å². The Morgan fingerprint density at radius 2 is 1.55 bits per heavy atom. The maximum Gasteiger partial charge on any atom is 0.266 e. The summed E-state index contributed by atoms with van der Waals surface area (Å²) in [6, 6.07) is 16.8. The van der Waals surface area contributed by atoms with Gasteiger partial charge in [-0.1, -0.05) is 29.8 Å². The highest BCUT2D eigenvalue weighted by Crippen LogP contribution is 2.30. The number of carbonyl (C=O) groups is 3. The quantitative estimate of drug-likeness (QED) is 0.586. The molecule has 0 fully saturated rings. The highest BCUT2D eigenvalue weighted by molar-refractivity contribution is 6.34. The van der Waals surface area contributed by atoms with E-state index >= 15 is 0 Å². The number of fused-ring (bicyclic) bond motifs is 1. The first kappa shape index (κ1) is 20.6. The predicted octanol–water partition coefficient (Wildman–Crippen LogP) is 4.77. The van der Waals surface area contributed by atoms with Crippen molar-refractivity contribution >= 4 is 40.7 Å². The Bertz CT molecular complexity index is 1160. The summed E-state index contributed by atoms with van der Waals surface area (Å²) in [6.07, 6.45) is 0. The van der Waals surface area contributed by atoms with Crippen molar-refractivity contribution in [1.29, 1.82) is 0 Å². The van der Waals surface area contributed by atoms with E-state index in [1.165, 1.54) is 0 Å². The van der Waals surface area contributed by atoms with E-state index < -0.39 is 0 Å². The number of hydrogen-bond acceptors (Lipinski definition) is 4. The Kier molecular flexibility index (Phi) is 5.48. The van der Waals surface area contributed by atoms with Crippen LogP contribution in [0, 0.1) is 13.8 Å². The maximum atomic E-state index is 12.7. The van der Waals surface area contributed by atoms with Gasteiger partial charge in [-0.15, -0.1) is 0 Å². The molecule has 0 aliphatic carbocycles. The average Bonchev–Trinajstić information content (AvgIpc) is 3.01. The molecule has 6 nitrogen and oxygen atoms in total. The van der Waals surface area contributed by atoms with Crippen molar-refractivity contribution in [2.75, 3.05) is 16.8 Å². The van der Waals surface area contributed by atoms with Crippen LogP contribution in [0.3, 0.4) is 0 Å². The number of nitrogens with one attached hydrogen (secondary N) is 1. The molecule has 0 saturated heterocycles. The van der Waals surface area contributed by atoms with Gasteiger partial charge in [0.15, 0.2) is 6.61 Å². The normalized spacial score (nSPS) is 12.7. The summed E-state index contributed by atoms with van der Waals surface area (Å²) in [5, 5.41) is 3.40. The summed E-state index contributed by atoms with van der Waals surface area (Å²) in [5.74, 6) is -0.596. The van der Waals surface area contributed by atoms with Gasteiger partial charge in [0.25, 0.3) is 17.7 Å². The number of amides is 3. The first-order valence-corrected chi connectivity index (χ1v) is 10.00. The first-order chi connectivity index (χ1) is 14.8. The number of aryl methyl sites for hydroxylation is 2. The van der Waals surface area contributed by atoms with Crippen molar-refractivity contribution in [2.24, 2.45) is 0 Å². The summed E-state index contributed by atoms with van der Waals surface area (Å²) in [7, 11) is 0. The zero-order valence-corrected chi connectivity index (χ0v) is 17.7. The highest BCUT2D eigenvalue weighted by Gasteiger charge is 2.36. The Labute approximate surface area is 184 Å². The molecule has 0 bridgehead atoms. The second kappa shape index (κ2) is 8.24. The topological polar surface area (TPSA) is 75.7 Å². The molecule has 0 atom stereocenters. The van der Waals surface area contributed by atoms with Crippen LogP contribution in [-0.2, 0) is 4.79 Å². The lowest BCUT2D eigenvalue weighted by atomic mass is 10.1. The van der Waals surface area contributed by atoms with Gasteiger partial charge in [0.05, 0.1) is 16.8 Å². The Hall–Kier alpha value is -3.64. The minimum atomic E-state index is -0.388. The Morgan fingerprint density at radius 3 is 2.16 bits per heavy atom. The number of anilines is 2. The lowest BCUT2D eigenvalue weighted by Crippen LogP contribution is -2.29. The largest absolute Gasteiger partial charge is 0.484 e. The van der Waals surface area contributed by atoms with E-state index in [-0.39, 0.29) is 24.3 Å². The van der Waals surface area contributed by atoms with Crippen LogP contribution in [-0.4, -0.2) is 24.3 Å². The minimum absolute atomic E-state index is 0.197. The van der Waals surface area contributed by atoms with E-state index in [0.29, 0.717) is 33.3 Å². The van der Waals surface area contributed by atoms with Gasteiger partial charge in [-0.05, 0) is 67.4 Å². The number of rotatable bonds is 5. The summed E-state index contributed by atoms with van der Waals surface area (Å²) in [6.45, 7) is 3.54. The fourth-order valence-electron chi connectivity index (χ4n) is 3.48. The molecule has 0 spiro atoms.